The number of nitrogens with zero attached hydrogens (tertiary/aromatic N) is 2. The lowest BCUT2D eigenvalue weighted by atomic mass is 9.90. The van der Waals surface area contributed by atoms with Crippen molar-refractivity contribution >= 4 is 12.0 Å². The Bertz CT molecular complexity index is 849. The van der Waals surface area contributed by atoms with Crippen molar-refractivity contribution in [3.63, 3.8) is 0 Å². The summed E-state index contributed by atoms with van der Waals surface area (Å²) in [6, 6.07) is 5.37. The van der Waals surface area contributed by atoms with Gasteiger partial charge in [0, 0.05) is 25.3 Å². The predicted octanol–water partition coefficient (Wildman–Crippen LogP) is 3.66. The van der Waals surface area contributed by atoms with Gasteiger partial charge in [-0.05, 0) is 54.2 Å². The molecular weight excluding hydrogens is 355 g/mol. The summed E-state index contributed by atoms with van der Waals surface area (Å²) >= 11 is 0. The largest absolute Gasteiger partial charge is 0.416 e. The molecule has 1 aliphatic heterocycles. The van der Waals surface area contributed by atoms with Crippen LogP contribution < -0.4 is 10.2 Å². The monoisotopic (exact) mass is 375 g/mol. The van der Waals surface area contributed by atoms with Crippen LogP contribution in [0.4, 0.5) is 18.9 Å². The number of aldehydes is 1. The molecule has 1 aromatic carbocycles. The van der Waals surface area contributed by atoms with Gasteiger partial charge in [0.15, 0.2) is 0 Å². The molecule has 1 atom stereocenters. The van der Waals surface area contributed by atoms with Crippen molar-refractivity contribution < 1.29 is 18.0 Å². The van der Waals surface area contributed by atoms with Gasteiger partial charge in [-0.2, -0.15) is 13.2 Å². The van der Waals surface area contributed by atoms with Crippen molar-refractivity contribution in [1.29, 1.82) is 0 Å². The Morgan fingerprint density at radius 3 is 2.78 bits per heavy atom. The SMILES string of the molecule is O=CC1c2cc(C(F)(F)F)ccc2CCN1c1cnccc1CNC1CC1. The molecule has 142 valence electrons. The number of pyridine rings is 1. The van der Waals surface area contributed by atoms with E-state index in [0.717, 1.165) is 48.1 Å². The molecule has 1 aliphatic carbocycles. The minimum Gasteiger partial charge on any atom is -0.356 e. The van der Waals surface area contributed by atoms with E-state index < -0.39 is 17.8 Å². The molecule has 0 saturated heterocycles. The molecule has 2 heterocycles. The summed E-state index contributed by atoms with van der Waals surface area (Å²) in [5, 5.41) is 3.44. The van der Waals surface area contributed by atoms with Crippen molar-refractivity contribution in [3.8, 4) is 0 Å². The lowest BCUT2D eigenvalue weighted by Crippen LogP contribution is -2.37. The van der Waals surface area contributed by atoms with E-state index in [1.165, 1.54) is 6.07 Å². The Morgan fingerprint density at radius 1 is 1.26 bits per heavy atom. The highest BCUT2D eigenvalue weighted by Gasteiger charge is 2.35. The highest BCUT2D eigenvalue weighted by atomic mass is 19.4. The third-order valence-corrected chi connectivity index (χ3v) is 5.23. The van der Waals surface area contributed by atoms with Crippen LogP contribution in [0.25, 0.3) is 0 Å². The molecule has 0 spiro atoms. The van der Waals surface area contributed by atoms with Crippen molar-refractivity contribution in [2.24, 2.45) is 0 Å². The molecular formula is C20H20F3N3O. The first-order chi connectivity index (χ1) is 13.0. The second kappa shape index (κ2) is 6.96. The molecule has 27 heavy (non-hydrogen) atoms. The zero-order chi connectivity index (χ0) is 19.0. The van der Waals surface area contributed by atoms with Gasteiger partial charge in [0.2, 0.25) is 0 Å². The Labute approximate surface area is 155 Å². The topological polar surface area (TPSA) is 45.2 Å². The van der Waals surface area contributed by atoms with Gasteiger partial charge in [-0.25, -0.2) is 0 Å². The number of benzene rings is 1. The average Bonchev–Trinajstić information content (AvgIpc) is 3.49. The first kappa shape index (κ1) is 18.0. The van der Waals surface area contributed by atoms with Crippen LogP contribution in [0.2, 0.25) is 0 Å². The summed E-state index contributed by atoms with van der Waals surface area (Å²) in [5.74, 6) is 0. The number of alkyl halides is 3. The Hall–Kier alpha value is -2.41. The van der Waals surface area contributed by atoms with E-state index in [9.17, 15) is 18.0 Å². The lowest BCUT2D eigenvalue weighted by Gasteiger charge is -2.37. The van der Waals surface area contributed by atoms with Crippen molar-refractivity contribution in [2.45, 2.75) is 44.1 Å². The third kappa shape index (κ3) is 3.69. The van der Waals surface area contributed by atoms with Gasteiger partial charge in [0.05, 0.1) is 17.4 Å². The zero-order valence-corrected chi connectivity index (χ0v) is 14.7. The number of hydrogen-bond donors (Lipinski definition) is 1. The number of aromatic nitrogens is 1. The fourth-order valence-electron chi connectivity index (χ4n) is 3.60. The Morgan fingerprint density at radius 2 is 2.07 bits per heavy atom. The van der Waals surface area contributed by atoms with Crippen LogP contribution in [0, 0.1) is 0 Å². The van der Waals surface area contributed by atoms with E-state index in [-0.39, 0.29) is 0 Å². The second-order valence-corrected chi connectivity index (χ2v) is 7.10. The molecule has 2 aliphatic rings. The second-order valence-electron chi connectivity index (χ2n) is 7.10. The quantitative estimate of drug-likeness (QED) is 0.811. The smallest absolute Gasteiger partial charge is 0.356 e. The van der Waals surface area contributed by atoms with E-state index >= 15 is 0 Å². The molecule has 1 N–H and O–H groups in total. The summed E-state index contributed by atoms with van der Waals surface area (Å²) in [6.07, 6.45) is 2.59. The fourth-order valence-corrected chi connectivity index (χ4v) is 3.60. The summed E-state index contributed by atoms with van der Waals surface area (Å²) in [5.41, 5.74) is 2.29. The highest BCUT2D eigenvalue weighted by Crippen LogP contribution is 2.38. The molecule has 1 unspecified atom stereocenters. The minimum absolute atomic E-state index is 0.427. The van der Waals surface area contributed by atoms with Gasteiger partial charge in [-0.15, -0.1) is 0 Å². The van der Waals surface area contributed by atoms with Gasteiger partial charge in [-0.3, -0.25) is 4.98 Å². The van der Waals surface area contributed by atoms with Crippen LogP contribution in [-0.4, -0.2) is 23.9 Å². The first-order valence-corrected chi connectivity index (χ1v) is 9.05. The van der Waals surface area contributed by atoms with Crippen molar-refractivity contribution in [1.82, 2.24) is 10.3 Å². The third-order valence-electron chi connectivity index (χ3n) is 5.23. The first-order valence-electron chi connectivity index (χ1n) is 9.05. The van der Waals surface area contributed by atoms with Gasteiger partial charge in [-0.1, -0.05) is 6.07 Å². The van der Waals surface area contributed by atoms with Gasteiger partial charge >= 0.3 is 6.18 Å². The van der Waals surface area contributed by atoms with Crippen LogP contribution in [0.1, 0.15) is 41.1 Å². The zero-order valence-electron chi connectivity index (χ0n) is 14.7. The van der Waals surface area contributed by atoms with Crippen molar-refractivity contribution in [3.05, 3.63) is 58.9 Å². The molecule has 0 amide bonds. The van der Waals surface area contributed by atoms with Crippen molar-refractivity contribution in [2.75, 3.05) is 11.4 Å². The molecule has 4 rings (SSSR count). The number of rotatable bonds is 5. The number of halogens is 3. The average molecular weight is 375 g/mol. The molecule has 1 saturated carbocycles. The molecule has 7 heteroatoms. The molecule has 0 radical (unpaired) electrons. The predicted molar refractivity (Wildman–Crippen MR) is 95.4 cm³/mol. The van der Waals surface area contributed by atoms with E-state index in [2.05, 4.69) is 10.3 Å². The molecule has 0 bridgehead atoms. The maximum absolute atomic E-state index is 13.1. The highest BCUT2D eigenvalue weighted by molar-refractivity contribution is 5.72. The van der Waals surface area contributed by atoms with Crippen LogP contribution in [-0.2, 0) is 23.9 Å². The maximum Gasteiger partial charge on any atom is 0.416 e. The maximum atomic E-state index is 13.1. The Balaban J connectivity index is 1.68. The number of fused-ring (bicyclic) bond motifs is 1. The van der Waals surface area contributed by atoms with Crippen LogP contribution in [0.3, 0.4) is 0 Å². The number of nitrogens with one attached hydrogen (secondary N) is 1. The van der Waals surface area contributed by atoms with Gasteiger partial charge in [0.25, 0.3) is 0 Å². The van der Waals surface area contributed by atoms with E-state index in [0.29, 0.717) is 31.1 Å². The number of carbonyl (C=O) groups is 1. The lowest BCUT2D eigenvalue weighted by molar-refractivity contribution is -0.137. The van der Waals surface area contributed by atoms with Crippen LogP contribution >= 0.6 is 0 Å². The molecule has 4 nitrogen and oxygen atoms in total. The summed E-state index contributed by atoms with van der Waals surface area (Å²) in [6.45, 7) is 1.21. The van der Waals surface area contributed by atoms with E-state index in [1.807, 2.05) is 11.0 Å². The standard InChI is InChI=1S/C20H20F3N3O/c21-20(22,23)15-2-1-13-6-8-26(19(12-27)17(13)9-15)18-11-24-7-5-14(18)10-25-16-3-4-16/h1-2,5,7,9,11-12,16,19,25H,3-4,6,8,10H2. The summed E-state index contributed by atoms with van der Waals surface area (Å²) < 4.78 is 39.4. The molecule has 2 aromatic rings. The molecule has 1 fully saturated rings. The van der Waals surface area contributed by atoms with E-state index in [1.54, 1.807) is 12.4 Å². The van der Waals surface area contributed by atoms with Crippen LogP contribution in [0.5, 0.6) is 0 Å². The number of hydrogen-bond acceptors (Lipinski definition) is 4. The van der Waals surface area contributed by atoms with Gasteiger partial charge in [0.1, 0.15) is 12.3 Å². The summed E-state index contributed by atoms with van der Waals surface area (Å²) in [7, 11) is 0. The summed E-state index contributed by atoms with van der Waals surface area (Å²) in [4.78, 5) is 17.9. The minimum atomic E-state index is -4.43. The van der Waals surface area contributed by atoms with Gasteiger partial charge < -0.3 is 15.0 Å². The number of anilines is 1. The molecule has 1 aromatic heterocycles. The Kier molecular flexibility index (Phi) is 4.63. The van der Waals surface area contributed by atoms with Crippen LogP contribution in [0.15, 0.2) is 36.7 Å². The normalized spacial score (nSPS) is 19.7. The number of carbonyl (C=O) groups excluding carboxylic acids is 1. The fraction of sp³-hybridized carbons (Fsp3) is 0.400. The van der Waals surface area contributed by atoms with E-state index in [4.69, 9.17) is 0 Å².